The van der Waals surface area contributed by atoms with Gasteiger partial charge in [0.25, 0.3) is 0 Å². The minimum atomic E-state index is -2.18. The first-order chi connectivity index (χ1) is 21.9. The highest BCUT2D eigenvalue weighted by atomic mass is 28.4. The van der Waals surface area contributed by atoms with Crippen LogP contribution in [-0.2, 0) is 36.5 Å². The average molecular weight is 691 g/mol. The molecule has 1 aliphatic heterocycles. The maximum Gasteiger partial charge on any atom is 0.431 e. The molecule has 3 N–H and O–H groups in total. The first-order valence-electron chi connectivity index (χ1n) is 16.3. The Balaban J connectivity index is 1.74. The van der Waals surface area contributed by atoms with E-state index < -0.39 is 49.4 Å². The van der Waals surface area contributed by atoms with Crippen molar-refractivity contribution < 1.29 is 43.0 Å². The summed E-state index contributed by atoms with van der Waals surface area (Å²) in [5.74, 6) is -0.750. The Bertz CT molecular complexity index is 1460. The fraction of sp³-hybridized carbons (Fsp3) is 0.647. The van der Waals surface area contributed by atoms with E-state index >= 15 is 0 Å². The molecule has 2 aromatic rings. The van der Waals surface area contributed by atoms with Gasteiger partial charge in [0.15, 0.2) is 8.32 Å². The molecule has 0 bridgehead atoms. The standard InChI is InChI=1S/C34H54N4O9Si/c1-31(2,3)44-29(41)35-19-25(46-48(11,12)33(7,8)9)21-38-20-24(18-36-38)22-13-15-26-23(17-22)14-16-27(43-26)34(10,28(39)40)47-37-30(42)45-32(4,5)6/h13,15,17-18,20,25,27H,14,16,19,21H2,1-12H3,(H,35,41)(H,37,42)(H,39,40)/t25?,27-,34?/m1/s1. The molecule has 1 aliphatic rings. The second-order valence-corrected chi connectivity index (χ2v) is 20.7. The molecule has 3 atom stereocenters. The summed E-state index contributed by atoms with van der Waals surface area (Å²) in [6.45, 7) is 23.4. The van der Waals surface area contributed by atoms with E-state index in [1.54, 1.807) is 33.0 Å². The number of fused-ring (bicyclic) bond motifs is 1. The molecule has 14 heteroatoms. The predicted molar refractivity (Wildman–Crippen MR) is 183 cm³/mol. The van der Waals surface area contributed by atoms with Crippen molar-refractivity contribution in [1.82, 2.24) is 20.6 Å². The molecule has 48 heavy (non-hydrogen) atoms. The fourth-order valence-electron chi connectivity index (χ4n) is 4.72. The van der Waals surface area contributed by atoms with Gasteiger partial charge in [0, 0.05) is 18.3 Å². The molecule has 0 saturated carbocycles. The highest BCUT2D eigenvalue weighted by Crippen LogP contribution is 2.38. The smallest absolute Gasteiger partial charge is 0.431 e. The van der Waals surface area contributed by atoms with Crippen LogP contribution in [0.5, 0.6) is 5.75 Å². The van der Waals surface area contributed by atoms with Crippen molar-refractivity contribution in [1.29, 1.82) is 0 Å². The maximum absolute atomic E-state index is 12.4. The van der Waals surface area contributed by atoms with Gasteiger partial charge in [-0.1, -0.05) is 26.8 Å². The number of aromatic nitrogens is 2. The van der Waals surface area contributed by atoms with Gasteiger partial charge in [-0.2, -0.15) is 10.6 Å². The van der Waals surface area contributed by atoms with Gasteiger partial charge in [0.05, 0.1) is 18.8 Å². The van der Waals surface area contributed by atoms with E-state index in [1.807, 2.05) is 43.8 Å². The highest BCUT2D eigenvalue weighted by molar-refractivity contribution is 6.74. The zero-order valence-corrected chi connectivity index (χ0v) is 31.5. The number of alkyl carbamates (subject to hydrolysis) is 1. The Labute approximate surface area is 285 Å². The summed E-state index contributed by atoms with van der Waals surface area (Å²) in [4.78, 5) is 42.2. The van der Waals surface area contributed by atoms with E-state index in [0.29, 0.717) is 25.1 Å². The third-order valence-corrected chi connectivity index (χ3v) is 12.8. The Kier molecular flexibility index (Phi) is 11.7. The largest absolute Gasteiger partial charge is 0.486 e. The number of hydrogen-bond donors (Lipinski definition) is 3. The van der Waals surface area contributed by atoms with Crippen LogP contribution in [0.15, 0.2) is 30.6 Å². The van der Waals surface area contributed by atoms with Crippen LogP contribution in [0, 0.1) is 0 Å². The zero-order valence-electron chi connectivity index (χ0n) is 30.5. The third kappa shape index (κ3) is 10.7. The Hall–Kier alpha value is -3.62. The van der Waals surface area contributed by atoms with Crippen molar-refractivity contribution >= 4 is 26.5 Å². The van der Waals surface area contributed by atoms with Crippen LogP contribution in [0.25, 0.3) is 11.1 Å². The lowest BCUT2D eigenvalue weighted by atomic mass is 9.90. The summed E-state index contributed by atoms with van der Waals surface area (Å²) in [6.07, 6.45) is 1.96. The van der Waals surface area contributed by atoms with E-state index in [0.717, 1.165) is 16.7 Å². The lowest BCUT2D eigenvalue weighted by Crippen LogP contribution is -2.56. The molecular weight excluding hydrogens is 636 g/mol. The molecule has 13 nitrogen and oxygen atoms in total. The fourth-order valence-corrected chi connectivity index (χ4v) is 6.06. The topological polar surface area (TPSA) is 159 Å². The number of hydroxylamine groups is 1. The molecule has 3 rings (SSSR count). The second kappa shape index (κ2) is 14.5. The number of nitrogens with one attached hydrogen (secondary N) is 2. The lowest BCUT2D eigenvalue weighted by molar-refractivity contribution is -0.190. The first kappa shape index (κ1) is 38.8. The number of hydrogen-bond acceptors (Lipinski definition) is 9. The summed E-state index contributed by atoms with van der Waals surface area (Å²) < 4.78 is 25.2. The van der Waals surface area contributed by atoms with Crippen LogP contribution in [0.2, 0.25) is 18.1 Å². The number of nitrogens with zero attached hydrogens (tertiary/aromatic N) is 2. The molecule has 0 radical (unpaired) electrons. The number of benzene rings is 1. The van der Waals surface area contributed by atoms with Crippen LogP contribution in [-0.4, -0.2) is 76.9 Å². The van der Waals surface area contributed by atoms with Crippen molar-refractivity contribution in [2.24, 2.45) is 0 Å². The minimum absolute atomic E-state index is 0.0285. The Morgan fingerprint density at radius 1 is 1.00 bits per heavy atom. The lowest BCUT2D eigenvalue weighted by Gasteiger charge is -2.39. The van der Waals surface area contributed by atoms with Gasteiger partial charge in [0.1, 0.15) is 23.1 Å². The molecule has 2 unspecified atom stereocenters. The number of amides is 2. The number of ether oxygens (including phenoxy) is 3. The van der Waals surface area contributed by atoms with Gasteiger partial charge in [-0.15, -0.1) is 0 Å². The summed E-state index contributed by atoms with van der Waals surface area (Å²) in [5, 5.41) is 17.4. The number of carboxylic acid groups (broad SMARTS) is 1. The Morgan fingerprint density at radius 3 is 2.21 bits per heavy atom. The number of carbonyl (C=O) groups is 3. The third-order valence-electron chi connectivity index (χ3n) is 8.29. The predicted octanol–water partition coefficient (Wildman–Crippen LogP) is 6.46. The van der Waals surface area contributed by atoms with Crippen LogP contribution in [0.3, 0.4) is 0 Å². The van der Waals surface area contributed by atoms with E-state index in [4.69, 9.17) is 23.5 Å². The molecule has 268 valence electrons. The maximum atomic E-state index is 12.4. The monoisotopic (exact) mass is 690 g/mol. The number of carbonyl (C=O) groups excluding carboxylic acids is 2. The molecular formula is C34H54N4O9Si. The normalized spacial score (nSPS) is 17.3. The van der Waals surface area contributed by atoms with Crippen molar-refractivity contribution in [3.8, 4) is 16.9 Å². The number of rotatable bonds is 11. The first-order valence-corrected chi connectivity index (χ1v) is 19.2. The average Bonchev–Trinajstić information content (AvgIpc) is 3.40. The van der Waals surface area contributed by atoms with E-state index in [1.165, 1.54) is 6.92 Å². The molecule has 1 aromatic heterocycles. The van der Waals surface area contributed by atoms with Crippen LogP contribution >= 0.6 is 0 Å². The molecule has 0 spiro atoms. The molecule has 0 saturated heterocycles. The van der Waals surface area contributed by atoms with Gasteiger partial charge in [-0.05, 0) is 103 Å². The minimum Gasteiger partial charge on any atom is -0.486 e. The number of aryl methyl sites for hydroxylation is 1. The van der Waals surface area contributed by atoms with Crippen LogP contribution in [0.4, 0.5) is 9.59 Å². The van der Waals surface area contributed by atoms with Crippen molar-refractivity contribution in [2.45, 2.75) is 136 Å². The van der Waals surface area contributed by atoms with Crippen molar-refractivity contribution in [2.75, 3.05) is 6.54 Å². The van der Waals surface area contributed by atoms with Gasteiger partial charge >= 0.3 is 18.2 Å². The van der Waals surface area contributed by atoms with Gasteiger partial charge in [0.2, 0.25) is 5.60 Å². The molecule has 0 fully saturated rings. The summed E-state index contributed by atoms with van der Waals surface area (Å²) in [6, 6.07) is 5.68. The molecule has 2 heterocycles. The van der Waals surface area contributed by atoms with Gasteiger partial charge in [-0.3, -0.25) is 4.68 Å². The molecule has 2 amide bonds. The van der Waals surface area contributed by atoms with Crippen molar-refractivity contribution in [3.63, 3.8) is 0 Å². The van der Waals surface area contributed by atoms with E-state index in [-0.39, 0.29) is 17.7 Å². The number of aliphatic carboxylic acids is 1. The van der Waals surface area contributed by atoms with E-state index in [9.17, 15) is 19.5 Å². The summed E-state index contributed by atoms with van der Waals surface area (Å²) in [7, 11) is -2.18. The molecule has 0 aliphatic carbocycles. The zero-order chi connectivity index (χ0) is 36.3. The Morgan fingerprint density at radius 2 is 1.62 bits per heavy atom. The van der Waals surface area contributed by atoms with Crippen molar-refractivity contribution in [3.05, 3.63) is 36.2 Å². The van der Waals surface area contributed by atoms with E-state index in [2.05, 4.69) is 49.8 Å². The van der Waals surface area contributed by atoms with Crippen LogP contribution < -0.4 is 15.5 Å². The number of carboxylic acids is 1. The quantitative estimate of drug-likeness (QED) is 0.176. The SMILES string of the molecule is CC(C)(C)OC(=O)NCC(Cn1cc(-c2ccc3c(c2)CC[C@H](C(C)(ONC(=O)OC(C)(C)C)C(=O)O)O3)cn1)O[Si](C)(C)C(C)(C)C. The highest BCUT2D eigenvalue weighted by Gasteiger charge is 2.48. The van der Waals surface area contributed by atoms with Gasteiger partial charge in [-0.25, -0.2) is 19.2 Å². The molecule has 1 aromatic carbocycles. The van der Waals surface area contributed by atoms with Crippen LogP contribution in [0.1, 0.15) is 81.2 Å². The van der Waals surface area contributed by atoms with Gasteiger partial charge < -0.3 is 29.1 Å². The second-order valence-electron chi connectivity index (χ2n) is 15.9. The summed E-state index contributed by atoms with van der Waals surface area (Å²) >= 11 is 0. The summed E-state index contributed by atoms with van der Waals surface area (Å²) in [5.41, 5.74) is 1.56.